The monoisotopic (exact) mass is 370 g/mol. The number of rotatable bonds is 6. The van der Waals surface area contributed by atoms with Crippen molar-refractivity contribution in [3.8, 4) is 17.3 Å². The summed E-state index contributed by atoms with van der Waals surface area (Å²) >= 11 is 0. The number of hydrogen-bond acceptors (Lipinski definition) is 4. The summed E-state index contributed by atoms with van der Waals surface area (Å²) in [5, 5.41) is 23.4. The van der Waals surface area contributed by atoms with E-state index in [1.54, 1.807) is 35.9 Å². The van der Waals surface area contributed by atoms with Crippen LogP contribution in [0.25, 0.3) is 11.3 Å². The normalized spacial score (nSPS) is 13.2. The van der Waals surface area contributed by atoms with Gasteiger partial charge in [0.05, 0.1) is 53.0 Å². The summed E-state index contributed by atoms with van der Waals surface area (Å²) in [6.45, 7) is 1.64. The van der Waals surface area contributed by atoms with Crippen LogP contribution < -0.4 is 5.73 Å². The predicted molar refractivity (Wildman–Crippen MR) is 129 cm³/mol. The SMILES string of the molecule is BC(B)(B)C(n1nc(-c2ccc(C(C)C(=O)O)cc2)c(C#N)c1N)C(B)(B)B. The lowest BCUT2D eigenvalue weighted by atomic mass is 9.27. The van der Waals surface area contributed by atoms with E-state index in [-0.39, 0.29) is 16.3 Å². The molecule has 28 heavy (non-hydrogen) atoms. The molecule has 3 N–H and O–H groups in total. The van der Waals surface area contributed by atoms with E-state index < -0.39 is 11.9 Å². The van der Waals surface area contributed by atoms with Crippen LogP contribution >= 0.6 is 0 Å². The van der Waals surface area contributed by atoms with Gasteiger partial charge in [-0.2, -0.15) is 10.4 Å². The van der Waals surface area contributed by atoms with Crippen LogP contribution in [0.4, 0.5) is 5.82 Å². The molecule has 0 fully saturated rings. The zero-order chi connectivity index (χ0) is 21.4. The average Bonchev–Trinajstić information content (AvgIpc) is 2.88. The Bertz CT molecular complexity index is 911. The van der Waals surface area contributed by atoms with Gasteiger partial charge in [0.2, 0.25) is 0 Å². The van der Waals surface area contributed by atoms with Crippen LogP contribution in [0.1, 0.15) is 30.0 Å². The third kappa shape index (κ3) is 4.19. The van der Waals surface area contributed by atoms with E-state index in [0.29, 0.717) is 22.6 Å². The van der Waals surface area contributed by atoms with Gasteiger partial charge in [0, 0.05) is 11.6 Å². The first kappa shape index (κ1) is 21.9. The minimum Gasteiger partial charge on any atom is -0.481 e. The molecule has 0 saturated carbocycles. The number of nitrogens with zero attached hydrogens (tertiary/aromatic N) is 3. The van der Waals surface area contributed by atoms with Gasteiger partial charge >= 0.3 is 5.97 Å². The minimum atomic E-state index is -0.878. The minimum absolute atomic E-state index is 0.0212. The molecular formula is C16H24B6N4O2. The van der Waals surface area contributed by atoms with Gasteiger partial charge < -0.3 is 10.8 Å². The van der Waals surface area contributed by atoms with Gasteiger partial charge in [-0.15, -0.1) is 0 Å². The third-order valence-electron chi connectivity index (χ3n) is 5.00. The molecule has 138 valence electrons. The zero-order valence-corrected chi connectivity index (χ0v) is 17.7. The standard InChI is InChI=1S/C16H24B6N4O2/c1-7(13(27)28)8-2-4-9(5-3-8)11-10(6-23)12(24)26(25-11)14(15(17,18)19)16(20,21)22/h2-5,7,14H,17-22,24H2,1H3,(H,27,28). The Hall–Kier alpha value is -2.42. The number of benzene rings is 1. The maximum absolute atomic E-state index is 11.2. The summed E-state index contributed by atoms with van der Waals surface area (Å²) in [4.78, 5) is 11.2. The number of carbonyl (C=O) groups is 1. The van der Waals surface area contributed by atoms with Crippen molar-refractivity contribution < 1.29 is 9.90 Å². The average molecular weight is 369 g/mol. The van der Waals surface area contributed by atoms with E-state index in [1.165, 1.54) is 0 Å². The number of anilines is 1. The lowest BCUT2D eigenvalue weighted by Crippen LogP contribution is -2.39. The van der Waals surface area contributed by atoms with Gasteiger partial charge in [0.1, 0.15) is 23.1 Å². The maximum Gasteiger partial charge on any atom is 0.310 e. The third-order valence-corrected chi connectivity index (χ3v) is 5.00. The van der Waals surface area contributed by atoms with Gasteiger partial charge in [-0.3, -0.25) is 4.79 Å². The van der Waals surface area contributed by atoms with E-state index in [2.05, 4.69) is 53.1 Å². The summed E-state index contributed by atoms with van der Waals surface area (Å²) in [5.41, 5.74) is 8.67. The molecule has 0 bridgehead atoms. The molecule has 0 spiro atoms. The molecule has 0 aliphatic carbocycles. The van der Waals surface area contributed by atoms with Crippen LogP contribution in [0, 0.1) is 11.3 Å². The van der Waals surface area contributed by atoms with Gasteiger partial charge in [-0.1, -0.05) is 34.5 Å². The molecule has 0 saturated heterocycles. The molecule has 0 aliphatic rings. The Balaban J connectivity index is 2.61. The van der Waals surface area contributed by atoms with E-state index in [4.69, 9.17) is 10.8 Å². The molecular weight excluding hydrogens is 345 g/mol. The van der Waals surface area contributed by atoms with Crippen LogP contribution in [0.15, 0.2) is 24.3 Å². The Labute approximate surface area is 171 Å². The van der Waals surface area contributed by atoms with Crippen LogP contribution in [0.2, 0.25) is 10.2 Å². The van der Waals surface area contributed by atoms with Crippen LogP contribution in [-0.2, 0) is 4.79 Å². The number of nitriles is 1. The topological polar surface area (TPSA) is 105 Å². The van der Waals surface area contributed by atoms with Crippen molar-refractivity contribution in [2.45, 2.75) is 29.1 Å². The van der Waals surface area contributed by atoms with Crippen molar-refractivity contribution in [3.63, 3.8) is 0 Å². The van der Waals surface area contributed by atoms with Gasteiger partial charge in [0.15, 0.2) is 0 Å². The van der Waals surface area contributed by atoms with Gasteiger partial charge in [0.25, 0.3) is 0 Å². The summed E-state index contributed by atoms with van der Waals surface area (Å²) in [5.74, 6) is -1.12. The highest BCUT2D eigenvalue weighted by Crippen LogP contribution is 2.44. The van der Waals surface area contributed by atoms with Crippen molar-refractivity contribution >= 4 is 58.9 Å². The second-order valence-corrected chi connectivity index (χ2v) is 9.48. The number of carboxylic acids is 1. The molecule has 6 nitrogen and oxygen atoms in total. The highest BCUT2D eigenvalue weighted by molar-refractivity contribution is 6.64. The number of nitrogen functional groups attached to an aromatic ring is 1. The molecule has 1 unspecified atom stereocenters. The highest BCUT2D eigenvalue weighted by atomic mass is 16.4. The molecule has 0 aliphatic heterocycles. The predicted octanol–water partition coefficient (Wildman–Crippen LogP) is -3.32. The fourth-order valence-corrected chi connectivity index (χ4v) is 4.06. The molecule has 1 atom stereocenters. The van der Waals surface area contributed by atoms with Crippen molar-refractivity contribution in [2.24, 2.45) is 0 Å². The largest absolute Gasteiger partial charge is 0.481 e. The quantitative estimate of drug-likeness (QED) is 0.519. The van der Waals surface area contributed by atoms with E-state index in [9.17, 15) is 15.2 Å². The number of hydrogen-bond donors (Lipinski definition) is 2. The van der Waals surface area contributed by atoms with E-state index in [0.717, 1.165) is 5.56 Å². The number of nitrogens with two attached hydrogens (primary N) is 1. The van der Waals surface area contributed by atoms with E-state index >= 15 is 0 Å². The van der Waals surface area contributed by atoms with Crippen molar-refractivity contribution in [2.75, 3.05) is 5.73 Å². The number of carboxylic acid groups (broad SMARTS) is 1. The van der Waals surface area contributed by atoms with Gasteiger partial charge in [-0.05, 0) is 12.5 Å². The van der Waals surface area contributed by atoms with Crippen LogP contribution in [0.3, 0.4) is 0 Å². The lowest BCUT2D eigenvalue weighted by molar-refractivity contribution is -0.138. The molecule has 1 aromatic heterocycles. The van der Waals surface area contributed by atoms with Crippen molar-refractivity contribution in [3.05, 3.63) is 35.4 Å². The number of aromatic nitrogens is 2. The molecule has 2 aromatic rings. The first-order valence-corrected chi connectivity index (χ1v) is 9.40. The van der Waals surface area contributed by atoms with Gasteiger partial charge in [-0.25, -0.2) is 4.68 Å². The van der Waals surface area contributed by atoms with Crippen LogP contribution in [-0.4, -0.2) is 67.9 Å². The first-order valence-electron chi connectivity index (χ1n) is 9.40. The lowest BCUT2D eigenvalue weighted by Gasteiger charge is -2.42. The zero-order valence-electron chi connectivity index (χ0n) is 17.7. The first-order chi connectivity index (χ1) is 12.8. The Morgan fingerprint density at radius 3 is 2.07 bits per heavy atom. The molecule has 1 aromatic carbocycles. The smallest absolute Gasteiger partial charge is 0.310 e. The number of aliphatic carboxylic acids is 1. The summed E-state index contributed by atoms with van der Waals surface area (Å²) in [6.07, 6.45) is 0. The summed E-state index contributed by atoms with van der Waals surface area (Å²) in [6, 6.07) is 9.28. The fraction of sp³-hybridized carbons (Fsp3) is 0.312. The summed E-state index contributed by atoms with van der Waals surface area (Å²) < 4.78 is 1.78. The second kappa shape index (κ2) is 7.54. The molecule has 1 heterocycles. The Kier molecular flexibility index (Phi) is 5.89. The molecule has 0 amide bonds. The summed E-state index contributed by atoms with van der Waals surface area (Å²) in [7, 11) is 12.8. The highest BCUT2D eigenvalue weighted by Gasteiger charge is 2.38. The Morgan fingerprint density at radius 1 is 1.18 bits per heavy atom. The maximum atomic E-state index is 11.2. The van der Waals surface area contributed by atoms with Crippen molar-refractivity contribution in [1.29, 1.82) is 5.26 Å². The van der Waals surface area contributed by atoms with E-state index in [1.807, 2.05) is 0 Å². The fourth-order valence-electron chi connectivity index (χ4n) is 4.06. The second-order valence-electron chi connectivity index (χ2n) is 9.48. The van der Waals surface area contributed by atoms with Crippen molar-refractivity contribution in [1.82, 2.24) is 9.78 Å². The molecule has 12 heteroatoms. The molecule has 0 radical (unpaired) electrons. The molecule has 2 rings (SSSR count). The Morgan fingerprint density at radius 2 is 1.68 bits per heavy atom. The van der Waals surface area contributed by atoms with Crippen LogP contribution in [0.5, 0.6) is 0 Å².